The summed E-state index contributed by atoms with van der Waals surface area (Å²) in [4.78, 5) is 0. The zero-order chi connectivity index (χ0) is 28.0. The van der Waals surface area contributed by atoms with Crippen molar-refractivity contribution in [2.24, 2.45) is 0 Å². The van der Waals surface area contributed by atoms with Crippen molar-refractivity contribution in [3.63, 3.8) is 0 Å². The summed E-state index contributed by atoms with van der Waals surface area (Å²) < 4.78 is 88.6. The third-order valence-electron chi connectivity index (χ3n) is 6.82. The van der Waals surface area contributed by atoms with Crippen LogP contribution in [-0.2, 0) is 25.7 Å². The zero-order valence-corrected chi connectivity index (χ0v) is 22.7. The van der Waals surface area contributed by atoms with Crippen LogP contribution in [-0.4, -0.2) is 28.3 Å². The van der Waals surface area contributed by atoms with Crippen LogP contribution in [0.15, 0.2) is 84.9 Å². The SMILES string of the molecule is CCS(=O)(=O)Oc1ccc(C2(c3ccc(OS(=O)(=O)CC)c(F)c3)c3ccccc3-c3ccccc32)cc1F. The molecule has 0 aliphatic heterocycles. The van der Waals surface area contributed by atoms with Gasteiger partial charge >= 0.3 is 20.2 Å². The van der Waals surface area contributed by atoms with E-state index in [1.165, 1.54) is 38.1 Å². The maximum absolute atomic E-state index is 15.4. The Bertz CT molecular complexity index is 1670. The van der Waals surface area contributed by atoms with Crippen LogP contribution in [0, 0.1) is 11.6 Å². The van der Waals surface area contributed by atoms with Gasteiger partial charge < -0.3 is 8.37 Å². The lowest BCUT2D eigenvalue weighted by molar-refractivity contribution is 0.461. The summed E-state index contributed by atoms with van der Waals surface area (Å²) in [6.45, 7) is 2.77. The lowest BCUT2D eigenvalue weighted by Gasteiger charge is -2.34. The van der Waals surface area contributed by atoms with Gasteiger partial charge in [-0.2, -0.15) is 16.8 Å². The monoisotopic (exact) mass is 570 g/mol. The summed E-state index contributed by atoms with van der Waals surface area (Å²) in [6.07, 6.45) is 0. The average Bonchev–Trinajstić information content (AvgIpc) is 3.22. The van der Waals surface area contributed by atoms with Crippen LogP contribution in [0.25, 0.3) is 11.1 Å². The Hall–Kier alpha value is -3.76. The third kappa shape index (κ3) is 4.57. The minimum Gasteiger partial charge on any atom is -0.379 e. The molecule has 0 aromatic heterocycles. The fraction of sp³-hybridized carbons (Fsp3) is 0.172. The van der Waals surface area contributed by atoms with Gasteiger partial charge in [-0.05, 0) is 71.5 Å². The van der Waals surface area contributed by atoms with Gasteiger partial charge in [0.15, 0.2) is 23.1 Å². The van der Waals surface area contributed by atoms with Crippen molar-refractivity contribution in [3.8, 4) is 22.6 Å². The first-order chi connectivity index (χ1) is 18.5. The second-order valence-corrected chi connectivity index (χ2v) is 12.7. The van der Waals surface area contributed by atoms with Crippen molar-refractivity contribution in [1.82, 2.24) is 0 Å². The highest BCUT2D eigenvalue weighted by atomic mass is 32.2. The fourth-order valence-corrected chi connectivity index (χ4v) is 6.07. The van der Waals surface area contributed by atoms with E-state index in [2.05, 4.69) is 0 Å². The van der Waals surface area contributed by atoms with E-state index in [1.807, 2.05) is 48.5 Å². The molecule has 0 heterocycles. The van der Waals surface area contributed by atoms with E-state index in [4.69, 9.17) is 8.37 Å². The number of benzene rings is 4. The molecule has 0 bridgehead atoms. The first kappa shape index (κ1) is 26.8. The van der Waals surface area contributed by atoms with Crippen molar-refractivity contribution in [3.05, 3.63) is 119 Å². The number of fused-ring (bicyclic) bond motifs is 3. The Balaban J connectivity index is 1.78. The van der Waals surface area contributed by atoms with Gasteiger partial charge in [0, 0.05) is 0 Å². The highest BCUT2D eigenvalue weighted by molar-refractivity contribution is 7.87. The molecule has 0 unspecified atom stereocenters. The van der Waals surface area contributed by atoms with Gasteiger partial charge in [0.2, 0.25) is 0 Å². The first-order valence-corrected chi connectivity index (χ1v) is 15.3. The molecule has 6 nitrogen and oxygen atoms in total. The second kappa shape index (κ2) is 9.77. The van der Waals surface area contributed by atoms with Crippen molar-refractivity contribution < 1.29 is 34.0 Å². The quantitative estimate of drug-likeness (QED) is 0.220. The summed E-state index contributed by atoms with van der Waals surface area (Å²) in [5.74, 6) is -3.37. The molecule has 0 fully saturated rings. The van der Waals surface area contributed by atoms with Crippen LogP contribution >= 0.6 is 0 Å². The number of rotatable bonds is 8. The van der Waals surface area contributed by atoms with Gasteiger partial charge in [0.25, 0.3) is 0 Å². The van der Waals surface area contributed by atoms with Crippen molar-refractivity contribution in [2.45, 2.75) is 19.3 Å². The summed E-state index contributed by atoms with van der Waals surface area (Å²) >= 11 is 0. The first-order valence-electron chi connectivity index (χ1n) is 12.2. The molecule has 202 valence electrons. The van der Waals surface area contributed by atoms with Crippen LogP contribution < -0.4 is 8.37 Å². The van der Waals surface area contributed by atoms with Gasteiger partial charge in [-0.1, -0.05) is 60.7 Å². The Kier molecular flexibility index (Phi) is 6.72. The highest BCUT2D eigenvalue weighted by Crippen LogP contribution is 2.56. The standard InChI is InChI=1S/C29H24F2O6S2/c1-3-38(32,33)36-27-15-13-19(17-25(27)30)29(20-14-16-28(26(31)18-20)37-39(34,35)4-2)23-11-7-5-9-21(23)22-10-6-8-12-24(22)29/h5-18H,3-4H2,1-2H3. The molecule has 0 saturated carbocycles. The minimum atomic E-state index is -3.97. The Labute approximate surface area is 226 Å². The minimum absolute atomic E-state index is 0.333. The van der Waals surface area contributed by atoms with Crippen LogP contribution in [0.1, 0.15) is 36.1 Å². The molecular weight excluding hydrogens is 546 g/mol. The zero-order valence-electron chi connectivity index (χ0n) is 21.0. The molecule has 0 saturated heterocycles. The smallest absolute Gasteiger partial charge is 0.308 e. The second-order valence-electron chi connectivity index (χ2n) is 8.99. The molecule has 4 aromatic carbocycles. The molecule has 1 aliphatic carbocycles. The predicted octanol–water partition coefficient (Wildman–Crippen LogP) is 5.78. The molecule has 1 aliphatic rings. The van der Waals surface area contributed by atoms with Crippen molar-refractivity contribution in [2.75, 3.05) is 11.5 Å². The van der Waals surface area contributed by atoms with Gasteiger partial charge in [-0.25, -0.2) is 8.78 Å². The topological polar surface area (TPSA) is 86.7 Å². The average molecular weight is 571 g/mol. The summed E-state index contributed by atoms with van der Waals surface area (Å²) in [5.41, 5.74) is 2.78. The Morgan fingerprint density at radius 2 is 1.00 bits per heavy atom. The highest BCUT2D eigenvalue weighted by Gasteiger charge is 2.46. The predicted molar refractivity (Wildman–Crippen MR) is 144 cm³/mol. The van der Waals surface area contributed by atoms with E-state index in [-0.39, 0.29) is 11.5 Å². The molecule has 10 heteroatoms. The number of hydrogen-bond acceptors (Lipinski definition) is 6. The van der Waals surface area contributed by atoms with Crippen LogP contribution in [0.3, 0.4) is 0 Å². The van der Waals surface area contributed by atoms with Gasteiger partial charge in [-0.3, -0.25) is 0 Å². The number of hydrogen-bond donors (Lipinski definition) is 0. The molecule has 0 N–H and O–H groups in total. The normalized spacial score (nSPS) is 13.9. The fourth-order valence-electron chi connectivity index (χ4n) is 5.02. The molecule has 0 amide bonds. The van der Waals surface area contributed by atoms with E-state index >= 15 is 8.78 Å². The van der Waals surface area contributed by atoms with E-state index < -0.39 is 48.8 Å². The summed E-state index contributed by atoms with van der Waals surface area (Å²) in [5, 5.41) is 0. The van der Waals surface area contributed by atoms with Crippen molar-refractivity contribution in [1.29, 1.82) is 0 Å². The molecule has 5 rings (SSSR count). The maximum atomic E-state index is 15.4. The van der Waals surface area contributed by atoms with Crippen LogP contribution in [0.4, 0.5) is 8.78 Å². The molecular formula is C29H24F2O6S2. The van der Waals surface area contributed by atoms with E-state index in [1.54, 1.807) is 12.1 Å². The number of halogens is 2. The summed E-state index contributed by atoms with van der Waals surface area (Å²) in [6, 6.07) is 22.9. The molecule has 39 heavy (non-hydrogen) atoms. The molecule has 0 radical (unpaired) electrons. The lowest BCUT2D eigenvalue weighted by atomic mass is 9.67. The van der Waals surface area contributed by atoms with Crippen molar-refractivity contribution >= 4 is 20.2 Å². The largest absolute Gasteiger partial charge is 0.379 e. The Morgan fingerprint density at radius 1 is 0.615 bits per heavy atom. The van der Waals surface area contributed by atoms with E-state index in [0.717, 1.165) is 22.3 Å². The van der Waals surface area contributed by atoms with E-state index in [9.17, 15) is 16.8 Å². The van der Waals surface area contributed by atoms with Gasteiger partial charge in [-0.15, -0.1) is 0 Å². The van der Waals surface area contributed by atoms with Crippen LogP contribution in [0.2, 0.25) is 0 Å². The molecule has 0 spiro atoms. The van der Waals surface area contributed by atoms with Gasteiger partial charge in [0.05, 0.1) is 16.9 Å². The third-order valence-corrected chi connectivity index (χ3v) is 9.10. The van der Waals surface area contributed by atoms with Gasteiger partial charge in [0.1, 0.15) is 0 Å². The molecule has 0 atom stereocenters. The summed E-state index contributed by atoms with van der Waals surface area (Å²) in [7, 11) is -7.94. The van der Waals surface area contributed by atoms with Crippen LogP contribution in [0.5, 0.6) is 11.5 Å². The van der Waals surface area contributed by atoms with E-state index in [0.29, 0.717) is 11.1 Å². The maximum Gasteiger partial charge on any atom is 0.308 e. The molecule has 4 aromatic rings. The lowest BCUT2D eigenvalue weighted by Crippen LogP contribution is -2.29. The Morgan fingerprint density at radius 3 is 1.36 bits per heavy atom.